The van der Waals surface area contributed by atoms with Gasteiger partial charge in [0.05, 0.1) is 0 Å². The number of rotatable bonds is 4. The van der Waals surface area contributed by atoms with E-state index in [0.29, 0.717) is 6.07 Å². The van der Waals surface area contributed by atoms with Crippen LogP contribution < -0.4 is 0 Å². The van der Waals surface area contributed by atoms with Crippen molar-refractivity contribution >= 4 is 33.3 Å². The molecule has 3 rings (SSSR count). The molecule has 1 aliphatic heterocycles. The topological polar surface area (TPSA) is 57.7 Å². The highest BCUT2D eigenvalue weighted by Gasteiger charge is 2.31. The molecule has 1 fully saturated rings. The second-order valence-electron chi connectivity index (χ2n) is 6.11. The highest BCUT2D eigenvalue weighted by atomic mass is 32.2. The van der Waals surface area contributed by atoms with Gasteiger partial charge in [0.25, 0.3) is 0 Å². The lowest BCUT2D eigenvalue weighted by Crippen LogP contribution is -2.50. The number of halogens is 2. The molecule has 1 aromatic carbocycles. The van der Waals surface area contributed by atoms with Crippen LogP contribution in [0.3, 0.4) is 0 Å². The van der Waals surface area contributed by atoms with Crippen molar-refractivity contribution in [2.45, 2.75) is 11.8 Å². The van der Waals surface area contributed by atoms with Crippen molar-refractivity contribution in [1.82, 2.24) is 9.21 Å². The van der Waals surface area contributed by atoms with Crippen LogP contribution in [0.4, 0.5) is 8.78 Å². The van der Waals surface area contributed by atoms with E-state index >= 15 is 0 Å². The van der Waals surface area contributed by atoms with Crippen molar-refractivity contribution in [3.8, 4) is 0 Å². The summed E-state index contributed by atoms with van der Waals surface area (Å²) < 4.78 is 53.1. The van der Waals surface area contributed by atoms with Crippen LogP contribution in [-0.2, 0) is 14.8 Å². The summed E-state index contributed by atoms with van der Waals surface area (Å²) in [6, 6.07) is 4.34. The first-order chi connectivity index (χ1) is 12.8. The van der Waals surface area contributed by atoms with Crippen LogP contribution >= 0.6 is 11.3 Å². The minimum Gasteiger partial charge on any atom is -0.337 e. The Bertz CT molecular complexity index is 978. The molecule has 1 aliphatic rings. The lowest BCUT2D eigenvalue weighted by molar-refractivity contribution is -0.127. The van der Waals surface area contributed by atoms with Crippen molar-refractivity contribution in [3.05, 3.63) is 57.8 Å². The van der Waals surface area contributed by atoms with Gasteiger partial charge < -0.3 is 4.90 Å². The molecule has 0 atom stereocenters. The Morgan fingerprint density at radius 2 is 1.85 bits per heavy atom. The Kier molecular flexibility index (Phi) is 5.73. The normalized spacial score (nSPS) is 16.2. The third kappa shape index (κ3) is 4.26. The number of carbonyl (C=O) groups excluding carboxylic acids is 1. The molecule has 1 amide bonds. The van der Waals surface area contributed by atoms with E-state index in [2.05, 4.69) is 0 Å². The Hall–Kier alpha value is -2.10. The summed E-state index contributed by atoms with van der Waals surface area (Å²) in [5.41, 5.74) is 1.08. The molecule has 5 nitrogen and oxygen atoms in total. The maximum atomic E-state index is 13.9. The van der Waals surface area contributed by atoms with E-state index < -0.39 is 26.6 Å². The number of nitrogens with zero attached hydrogens (tertiary/aromatic N) is 2. The van der Waals surface area contributed by atoms with Crippen molar-refractivity contribution in [2.75, 3.05) is 26.2 Å². The average molecular weight is 412 g/mol. The van der Waals surface area contributed by atoms with Gasteiger partial charge in [0.1, 0.15) is 16.5 Å². The minimum absolute atomic E-state index is 0.0523. The Morgan fingerprint density at radius 1 is 1.15 bits per heavy atom. The highest BCUT2D eigenvalue weighted by Crippen LogP contribution is 2.22. The van der Waals surface area contributed by atoms with E-state index in [9.17, 15) is 22.0 Å². The zero-order valence-electron chi connectivity index (χ0n) is 14.6. The summed E-state index contributed by atoms with van der Waals surface area (Å²) in [4.78, 5) is 14.3. The van der Waals surface area contributed by atoms with Gasteiger partial charge in [-0.15, -0.1) is 11.3 Å². The number of piperazine rings is 1. The Balaban J connectivity index is 1.65. The van der Waals surface area contributed by atoms with Crippen LogP contribution in [0.2, 0.25) is 0 Å². The Morgan fingerprint density at radius 3 is 2.44 bits per heavy atom. The SMILES string of the molecule is Cc1ccsc1/C=C/C(=O)N1CCN(S(=O)(=O)c2ccc(F)cc2F)CC1. The average Bonchev–Trinajstić information content (AvgIpc) is 3.04. The van der Waals surface area contributed by atoms with Gasteiger partial charge in [0, 0.05) is 43.2 Å². The molecule has 1 saturated heterocycles. The number of thiophene rings is 1. The number of benzene rings is 1. The van der Waals surface area contributed by atoms with E-state index in [4.69, 9.17) is 0 Å². The Labute approximate surface area is 160 Å². The summed E-state index contributed by atoms with van der Waals surface area (Å²) in [6.07, 6.45) is 3.22. The summed E-state index contributed by atoms with van der Waals surface area (Å²) in [6.45, 7) is 2.47. The second-order valence-corrected chi connectivity index (χ2v) is 8.96. The number of sulfonamides is 1. The fraction of sp³-hybridized carbons (Fsp3) is 0.278. The van der Waals surface area contributed by atoms with Crippen molar-refractivity contribution in [2.24, 2.45) is 0 Å². The fourth-order valence-electron chi connectivity index (χ4n) is 2.78. The predicted octanol–water partition coefficient (Wildman–Crippen LogP) is 2.88. The summed E-state index contributed by atoms with van der Waals surface area (Å²) in [7, 11) is -4.07. The standard InChI is InChI=1S/C18H18F2N2O3S2/c1-13-6-11-26-16(13)3-5-18(23)21-7-9-22(10-8-21)27(24,25)17-4-2-14(19)12-15(17)20/h2-6,11-12H,7-10H2,1H3/b5-3+. The van der Waals surface area contributed by atoms with E-state index in [1.165, 1.54) is 17.4 Å². The first-order valence-corrected chi connectivity index (χ1v) is 10.6. The molecule has 1 aromatic heterocycles. The molecule has 9 heteroatoms. The van der Waals surface area contributed by atoms with Crippen molar-refractivity contribution < 1.29 is 22.0 Å². The number of hydrogen-bond donors (Lipinski definition) is 0. The zero-order valence-corrected chi connectivity index (χ0v) is 16.2. The number of aryl methyl sites for hydroxylation is 1. The van der Waals surface area contributed by atoms with Crippen LogP contribution in [0.25, 0.3) is 6.08 Å². The van der Waals surface area contributed by atoms with Gasteiger partial charge in [0.15, 0.2) is 0 Å². The predicted molar refractivity (Wildman–Crippen MR) is 99.8 cm³/mol. The summed E-state index contributed by atoms with van der Waals surface area (Å²) in [5.74, 6) is -2.16. The van der Waals surface area contributed by atoms with Gasteiger partial charge in [-0.2, -0.15) is 4.31 Å². The van der Waals surface area contributed by atoms with Gasteiger partial charge in [-0.3, -0.25) is 4.79 Å². The lowest BCUT2D eigenvalue weighted by atomic mass is 10.2. The maximum absolute atomic E-state index is 13.9. The number of hydrogen-bond acceptors (Lipinski definition) is 4. The number of carbonyl (C=O) groups is 1. The highest BCUT2D eigenvalue weighted by molar-refractivity contribution is 7.89. The largest absolute Gasteiger partial charge is 0.337 e. The fourth-order valence-corrected chi connectivity index (χ4v) is 5.07. The molecule has 0 spiro atoms. The molecule has 0 radical (unpaired) electrons. The third-order valence-corrected chi connectivity index (χ3v) is 7.26. The smallest absolute Gasteiger partial charge is 0.246 e. The third-order valence-electron chi connectivity index (χ3n) is 4.34. The van der Waals surface area contributed by atoms with Crippen LogP contribution in [0.5, 0.6) is 0 Å². The van der Waals surface area contributed by atoms with E-state index in [1.54, 1.807) is 11.0 Å². The molecule has 27 heavy (non-hydrogen) atoms. The van der Waals surface area contributed by atoms with Gasteiger partial charge in [0.2, 0.25) is 15.9 Å². The molecule has 0 aliphatic carbocycles. The minimum atomic E-state index is -4.07. The molecule has 144 valence electrons. The summed E-state index contributed by atoms with van der Waals surface area (Å²) >= 11 is 1.53. The van der Waals surface area contributed by atoms with E-state index in [-0.39, 0.29) is 32.1 Å². The van der Waals surface area contributed by atoms with Crippen LogP contribution in [0.15, 0.2) is 40.6 Å². The molecular formula is C18H18F2N2O3S2. The summed E-state index contributed by atoms with van der Waals surface area (Å²) in [5, 5.41) is 1.94. The lowest BCUT2D eigenvalue weighted by Gasteiger charge is -2.33. The number of amides is 1. The molecule has 2 heterocycles. The van der Waals surface area contributed by atoms with Crippen LogP contribution in [-0.4, -0.2) is 49.7 Å². The second kappa shape index (κ2) is 7.87. The molecule has 0 N–H and O–H groups in total. The monoisotopic (exact) mass is 412 g/mol. The van der Waals surface area contributed by atoms with Gasteiger partial charge in [-0.1, -0.05) is 0 Å². The quantitative estimate of drug-likeness (QED) is 0.726. The van der Waals surface area contributed by atoms with Gasteiger partial charge >= 0.3 is 0 Å². The van der Waals surface area contributed by atoms with Gasteiger partial charge in [-0.25, -0.2) is 17.2 Å². The molecule has 0 bridgehead atoms. The molecule has 0 saturated carbocycles. The van der Waals surface area contributed by atoms with E-state index in [0.717, 1.165) is 26.9 Å². The molecule has 2 aromatic rings. The first kappa shape index (κ1) is 19.7. The zero-order chi connectivity index (χ0) is 19.6. The van der Waals surface area contributed by atoms with E-state index in [1.807, 2.05) is 18.4 Å². The van der Waals surface area contributed by atoms with Crippen LogP contribution in [0, 0.1) is 18.6 Å². The van der Waals surface area contributed by atoms with Crippen molar-refractivity contribution in [1.29, 1.82) is 0 Å². The first-order valence-electron chi connectivity index (χ1n) is 8.25. The van der Waals surface area contributed by atoms with Crippen molar-refractivity contribution in [3.63, 3.8) is 0 Å². The molecular weight excluding hydrogens is 394 g/mol. The molecule has 0 unspecified atom stereocenters. The van der Waals surface area contributed by atoms with Gasteiger partial charge in [-0.05, 0) is 42.1 Å². The van der Waals surface area contributed by atoms with Crippen LogP contribution in [0.1, 0.15) is 10.4 Å². The maximum Gasteiger partial charge on any atom is 0.246 e.